The summed E-state index contributed by atoms with van der Waals surface area (Å²) < 4.78 is 28.1. The molecule has 0 amide bonds. The van der Waals surface area contributed by atoms with Crippen LogP contribution in [-0.2, 0) is 16.6 Å². The third kappa shape index (κ3) is 3.86. The van der Waals surface area contributed by atoms with Crippen molar-refractivity contribution in [2.24, 2.45) is 5.92 Å². The van der Waals surface area contributed by atoms with Gasteiger partial charge in [0.05, 0.1) is 4.90 Å². The van der Waals surface area contributed by atoms with Crippen LogP contribution in [0.4, 0.5) is 0 Å². The van der Waals surface area contributed by atoms with Crippen LogP contribution < -0.4 is 5.32 Å². The van der Waals surface area contributed by atoms with Crippen molar-refractivity contribution in [3.8, 4) is 0 Å². The van der Waals surface area contributed by atoms with Crippen LogP contribution in [0.1, 0.15) is 30.9 Å². The second-order valence-electron chi connectivity index (χ2n) is 5.65. The highest BCUT2D eigenvalue weighted by Gasteiger charge is 2.32. The van der Waals surface area contributed by atoms with Crippen molar-refractivity contribution in [3.63, 3.8) is 0 Å². The first-order valence-electron chi connectivity index (χ1n) is 7.34. The fourth-order valence-electron chi connectivity index (χ4n) is 2.43. The van der Waals surface area contributed by atoms with Crippen LogP contribution in [0.3, 0.4) is 0 Å². The van der Waals surface area contributed by atoms with Gasteiger partial charge in [-0.2, -0.15) is 4.31 Å². The average Bonchev–Trinajstić information content (AvgIpc) is 3.23. The average molecular weight is 375 g/mol. The number of sulfonamides is 1. The van der Waals surface area contributed by atoms with Gasteiger partial charge in [0.2, 0.25) is 10.0 Å². The van der Waals surface area contributed by atoms with Gasteiger partial charge in [-0.15, -0.1) is 0 Å². The van der Waals surface area contributed by atoms with Crippen molar-refractivity contribution >= 4 is 26.0 Å². The molecular weight excluding hydrogens is 352 g/mol. The highest BCUT2D eigenvalue weighted by molar-refractivity contribution is 9.10. The second kappa shape index (κ2) is 6.77. The van der Waals surface area contributed by atoms with Gasteiger partial charge in [0.15, 0.2) is 0 Å². The van der Waals surface area contributed by atoms with E-state index in [9.17, 15) is 8.42 Å². The van der Waals surface area contributed by atoms with Crippen molar-refractivity contribution in [2.75, 3.05) is 20.1 Å². The predicted molar refractivity (Wildman–Crippen MR) is 88.8 cm³/mol. The Bertz CT molecular complexity index is 612. The summed E-state index contributed by atoms with van der Waals surface area (Å²) in [5.74, 6) is 0.542. The first kappa shape index (κ1) is 16.9. The Morgan fingerprint density at radius 1 is 1.38 bits per heavy atom. The van der Waals surface area contributed by atoms with E-state index >= 15 is 0 Å². The highest BCUT2D eigenvalue weighted by atomic mass is 79.9. The number of halogens is 1. The molecule has 0 aromatic heterocycles. The summed E-state index contributed by atoms with van der Waals surface area (Å²) in [6.45, 7) is 5.64. The summed E-state index contributed by atoms with van der Waals surface area (Å²) >= 11 is 3.45. The minimum Gasteiger partial charge on any atom is -0.316 e. The Morgan fingerprint density at radius 3 is 2.57 bits per heavy atom. The Balaban J connectivity index is 2.41. The Hall–Kier alpha value is -0.430. The van der Waals surface area contributed by atoms with E-state index in [-0.39, 0.29) is 0 Å². The van der Waals surface area contributed by atoms with E-state index in [1.165, 1.54) is 0 Å². The maximum Gasteiger partial charge on any atom is 0.244 e. The third-order valence-corrected chi connectivity index (χ3v) is 7.07. The molecule has 21 heavy (non-hydrogen) atoms. The van der Waals surface area contributed by atoms with Gasteiger partial charge in [-0.1, -0.05) is 13.0 Å². The standard InChI is InChI=1S/C15H23BrN2O2S/c1-4-18(10-12-5-6-12)21(19,20)14-8-13(9-17-3)7-11(2)15(14)16/h7-8,12,17H,4-6,9-10H2,1-3H3. The third-order valence-electron chi connectivity index (χ3n) is 3.79. The molecular formula is C15H23BrN2O2S. The van der Waals surface area contributed by atoms with Gasteiger partial charge in [0.1, 0.15) is 0 Å². The highest BCUT2D eigenvalue weighted by Crippen LogP contribution is 2.34. The molecule has 2 rings (SSSR count). The van der Waals surface area contributed by atoms with E-state index in [2.05, 4.69) is 21.2 Å². The van der Waals surface area contributed by atoms with E-state index in [1.807, 2.05) is 27.0 Å². The van der Waals surface area contributed by atoms with Gasteiger partial charge in [-0.3, -0.25) is 0 Å². The maximum absolute atomic E-state index is 12.9. The molecule has 1 N–H and O–H groups in total. The zero-order valence-corrected chi connectivity index (χ0v) is 15.2. The summed E-state index contributed by atoms with van der Waals surface area (Å²) in [6.07, 6.45) is 2.29. The molecule has 0 aliphatic heterocycles. The fourth-order valence-corrected chi connectivity index (χ4v) is 4.98. The number of rotatable bonds is 7. The molecule has 1 aromatic carbocycles. The van der Waals surface area contributed by atoms with Gasteiger partial charge in [0, 0.05) is 24.1 Å². The van der Waals surface area contributed by atoms with Crippen LogP contribution in [0.2, 0.25) is 0 Å². The second-order valence-corrected chi connectivity index (χ2v) is 8.35. The quantitative estimate of drug-likeness (QED) is 0.797. The zero-order chi connectivity index (χ0) is 15.6. The molecule has 1 aliphatic carbocycles. The lowest BCUT2D eigenvalue weighted by Crippen LogP contribution is -2.33. The maximum atomic E-state index is 12.9. The van der Waals surface area contributed by atoms with Crippen LogP contribution >= 0.6 is 15.9 Å². The van der Waals surface area contributed by atoms with Crippen LogP contribution in [0.5, 0.6) is 0 Å². The molecule has 0 atom stereocenters. The van der Waals surface area contributed by atoms with Gasteiger partial charge in [-0.25, -0.2) is 8.42 Å². The van der Waals surface area contributed by atoms with Gasteiger partial charge in [-0.05, 0) is 65.9 Å². The van der Waals surface area contributed by atoms with E-state index < -0.39 is 10.0 Å². The molecule has 0 unspecified atom stereocenters. The summed E-state index contributed by atoms with van der Waals surface area (Å²) in [6, 6.07) is 3.79. The molecule has 6 heteroatoms. The molecule has 118 valence electrons. The summed E-state index contributed by atoms with van der Waals surface area (Å²) in [4.78, 5) is 0.384. The molecule has 1 fully saturated rings. The van der Waals surface area contributed by atoms with Crippen molar-refractivity contribution < 1.29 is 8.42 Å². The molecule has 0 spiro atoms. The molecule has 4 nitrogen and oxygen atoms in total. The Morgan fingerprint density at radius 2 is 2.05 bits per heavy atom. The number of hydrogen-bond acceptors (Lipinski definition) is 3. The normalized spacial score (nSPS) is 15.7. The predicted octanol–water partition coefficient (Wildman–Crippen LogP) is 2.90. The van der Waals surface area contributed by atoms with Crippen molar-refractivity contribution in [1.82, 2.24) is 9.62 Å². The van der Waals surface area contributed by atoms with Gasteiger partial charge in [0.25, 0.3) is 0 Å². The first-order valence-corrected chi connectivity index (χ1v) is 9.57. The zero-order valence-electron chi connectivity index (χ0n) is 12.8. The molecule has 1 aliphatic rings. The topological polar surface area (TPSA) is 49.4 Å². The Labute approximate surface area is 136 Å². The van der Waals surface area contributed by atoms with E-state index in [4.69, 9.17) is 0 Å². The summed E-state index contributed by atoms with van der Waals surface area (Å²) in [5.41, 5.74) is 1.93. The smallest absolute Gasteiger partial charge is 0.244 e. The molecule has 0 heterocycles. The fraction of sp³-hybridized carbons (Fsp3) is 0.600. The van der Waals surface area contributed by atoms with E-state index in [1.54, 1.807) is 10.4 Å². The van der Waals surface area contributed by atoms with Crippen LogP contribution in [-0.4, -0.2) is 32.9 Å². The molecule has 0 radical (unpaired) electrons. The lowest BCUT2D eigenvalue weighted by atomic mass is 10.1. The minimum absolute atomic E-state index is 0.384. The largest absolute Gasteiger partial charge is 0.316 e. The number of benzene rings is 1. The minimum atomic E-state index is -3.44. The lowest BCUT2D eigenvalue weighted by Gasteiger charge is -2.22. The van der Waals surface area contributed by atoms with Crippen molar-refractivity contribution in [3.05, 3.63) is 27.7 Å². The van der Waals surface area contributed by atoms with Crippen LogP contribution in [0, 0.1) is 12.8 Å². The monoisotopic (exact) mass is 374 g/mol. The van der Waals surface area contributed by atoms with E-state index in [0.717, 1.165) is 24.0 Å². The molecule has 0 saturated heterocycles. The van der Waals surface area contributed by atoms with Crippen molar-refractivity contribution in [1.29, 1.82) is 0 Å². The summed E-state index contributed by atoms with van der Waals surface area (Å²) in [7, 11) is -1.58. The molecule has 1 aromatic rings. The van der Waals surface area contributed by atoms with E-state index in [0.29, 0.717) is 34.9 Å². The lowest BCUT2D eigenvalue weighted by molar-refractivity contribution is 0.411. The number of nitrogens with zero attached hydrogens (tertiary/aromatic N) is 1. The van der Waals surface area contributed by atoms with Crippen LogP contribution in [0.25, 0.3) is 0 Å². The molecule has 0 bridgehead atoms. The Kier molecular flexibility index (Phi) is 5.46. The number of hydrogen-bond donors (Lipinski definition) is 1. The number of nitrogens with one attached hydrogen (secondary N) is 1. The molecule has 1 saturated carbocycles. The number of aryl methyl sites for hydroxylation is 1. The first-order chi connectivity index (χ1) is 9.90. The van der Waals surface area contributed by atoms with Gasteiger partial charge < -0.3 is 5.32 Å². The van der Waals surface area contributed by atoms with Crippen molar-refractivity contribution in [2.45, 2.75) is 38.1 Å². The van der Waals surface area contributed by atoms with Crippen LogP contribution in [0.15, 0.2) is 21.5 Å². The summed E-state index contributed by atoms with van der Waals surface area (Å²) in [5, 5.41) is 3.07. The SMILES string of the molecule is CCN(CC1CC1)S(=O)(=O)c1cc(CNC)cc(C)c1Br. The van der Waals surface area contributed by atoms with Gasteiger partial charge >= 0.3 is 0 Å².